The number of imidazole rings is 1. The molecule has 0 aliphatic rings. The molecule has 1 rings (SSSR count). The highest BCUT2D eigenvalue weighted by Gasteiger charge is 2.11. The third-order valence-electron chi connectivity index (χ3n) is 2.98. The zero-order chi connectivity index (χ0) is 13.5. The van der Waals surface area contributed by atoms with E-state index in [2.05, 4.69) is 36.1 Å². The average Bonchev–Trinajstić information content (AvgIpc) is 2.70. The van der Waals surface area contributed by atoms with Crippen LogP contribution in [0.25, 0.3) is 0 Å². The van der Waals surface area contributed by atoms with Gasteiger partial charge in [-0.1, -0.05) is 13.8 Å². The Labute approximate surface area is 110 Å². The maximum absolute atomic E-state index is 9.29. The standard InChI is InChI=1S/C13H26N4O/c1-11(2)15-12(10-18)5-7-16(3)9-13-14-6-8-17(13)4/h6,8,11-12,15,18H,5,7,9-10H2,1-4H3. The van der Waals surface area contributed by atoms with Crippen molar-refractivity contribution in [3.63, 3.8) is 0 Å². The average molecular weight is 254 g/mol. The van der Waals surface area contributed by atoms with Crippen LogP contribution >= 0.6 is 0 Å². The molecule has 18 heavy (non-hydrogen) atoms. The lowest BCUT2D eigenvalue weighted by atomic mass is 10.2. The predicted molar refractivity (Wildman–Crippen MR) is 73.3 cm³/mol. The van der Waals surface area contributed by atoms with Gasteiger partial charge in [0.25, 0.3) is 0 Å². The molecule has 0 saturated carbocycles. The zero-order valence-corrected chi connectivity index (χ0v) is 11.9. The minimum Gasteiger partial charge on any atom is -0.395 e. The Hall–Kier alpha value is -0.910. The fourth-order valence-electron chi connectivity index (χ4n) is 1.94. The van der Waals surface area contributed by atoms with Gasteiger partial charge in [0, 0.05) is 31.5 Å². The van der Waals surface area contributed by atoms with Crippen LogP contribution in [-0.2, 0) is 13.6 Å². The fraction of sp³-hybridized carbons (Fsp3) is 0.769. The van der Waals surface area contributed by atoms with Crippen LogP contribution in [0.5, 0.6) is 0 Å². The molecule has 1 aromatic heterocycles. The highest BCUT2D eigenvalue weighted by molar-refractivity contribution is 4.90. The van der Waals surface area contributed by atoms with Gasteiger partial charge in [0.15, 0.2) is 0 Å². The van der Waals surface area contributed by atoms with Gasteiger partial charge in [-0.2, -0.15) is 0 Å². The number of rotatable bonds is 8. The minimum atomic E-state index is 0.175. The van der Waals surface area contributed by atoms with Crippen LogP contribution in [0, 0.1) is 0 Å². The Morgan fingerprint density at radius 3 is 2.72 bits per heavy atom. The van der Waals surface area contributed by atoms with Crippen LogP contribution in [-0.4, -0.2) is 51.8 Å². The Kier molecular flexibility index (Phi) is 6.32. The zero-order valence-electron chi connectivity index (χ0n) is 11.9. The molecule has 0 radical (unpaired) electrons. The van der Waals surface area contributed by atoms with Crippen molar-refractivity contribution in [2.75, 3.05) is 20.2 Å². The quantitative estimate of drug-likeness (QED) is 0.713. The van der Waals surface area contributed by atoms with Gasteiger partial charge < -0.3 is 15.0 Å². The predicted octanol–water partition coefficient (Wildman–Crippen LogP) is 0.601. The van der Waals surface area contributed by atoms with E-state index in [0.29, 0.717) is 6.04 Å². The highest BCUT2D eigenvalue weighted by atomic mass is 16.3. The van der Waals surface area contributed by atoms with Crippen molar-refractivity contribution < 1.29 is 5.11 Å². The lowest BCUT2D eigenvalue weighted by Gasteiger charge is -2.22. The number of aliphatic hydroxyl groups is 1. The Morgan fingerprint density at radius 2 is 2.22 bits per heavy atom. The summed E-state index contributed by atoms with van der Waals surface area (Å²) in [5.41, 5.74) is 0. The van der Waals surface area contributed by atoms with Crippen LogP contribution in [0.15, 0.2) is 12.4 Å². The maximum Gasteiger partial charge on any atom is 0.122 e. The highest BCUT2D eigenvalue weighted by Crippen LogP contribution is 2.02. The van der Waals surface area contributed by atoms with E-state index in [1.807, 2.05) is 24.0 Å². The van der Waals surface area contributed by atoms with Crippen LogP contribution in [0.2, 0.25) is 0 Å². The summed E-state index contributed by atoms with van der Waals surface area (Å²) in [7, 11) is 4.09. The molecule has 0 amide bonds. The van der Waals surface area contributed by atoms with E-state index in [0.717, 1.165) is 25.3 Å². The molecule has 1 unspecified atom stereocenters. The molecule has 1 atom stereocenters. The molecule has 0 fully saturated rings. The van der Waals surface area contributed by atoms with Crippen molar-refractivity contribution in [1.29, 1.82) is 0 Å². The fourth-order valence-corrected chi connectivity index (χ4v) is 1.94. The number of nitrogens with zero attached hydrogens (tertiary/aromatic N) is 3. The van der Waals surface area contributed by atoms with E-state index in [9.17, 15) is 5.11 Å². The molecular weight excluding hydrogens is 228 g/mol. The molecular formula is C13H26N4O. The SMILES string of the molecule is CC(C)NC(CO)CCN(C)Cc1nccn1C. The lowest BCUT2D eigenvalue weighted by Crippen LogP contribution is -2.39. The molecule has 104 valence electrons. The summed E-state index contributed by atoms with van der Waals surface area (Å²) < 4.78 is 2.03. The summed E-state index contributed by atoms with van der Waals surface area (Å²) in [6.45, 7) is 6.16. The lowest BCUT2D eigenvalue weighted by molar-refractivity contribution is 0.208. The molecule has 5 heteroatoms. The molecule has 1 heterocycles. The van der Waals surface area contributed by atoms with Crippen LogP contribution in [0.3, 0.4) is 0 Å². The van der Waals surface area contributed by atoms with Crippen LogP contribution in [0.1, 0.15) is 26.1 Å². The van der Waals surface area contributed by atoms with E-state index in [4.69, 9.17) is 0 Å². The molecule has 0 aromatic carbocycles. The molecule has 0 aliphatic heterocycles. The van der Waals surface area contributed by atoms with Gasteiger partial charge in [0.05, 0.1) is 13.2 Å². The van der Waals surface area contributed by atoms with E-state index in [-0.39, 0.29) is 12.6 Å². The normalized spacial score (nSPS) is 13.5. The Balaban J connectivity index is 2.31. The van der Waals surface area contributed by atoms with E-state index in [1.165, 1.54) is 0 Å². The Bertz CT molecular complexity index is 337. The van der Waals surface area contributed by atoms with Gasteiger partial charge in [-0.25, -0.2) is 4.98 Å². The van der Waals surface area contributed by atoms with Crippen LogP contribution < -0.4 is 5.32 Å². The van der Waals surface area contributed by atoms with E-state index < -0.39 is 0 Å². The first kappa shape index (κ1) is 15.1. The van der Waals surface area contributed by atoms with Crippen molar-refractivity contribution in [2.45, 2.75) is 38.9 Å². The smallest absolute Gasteiger partial charge is 0.122 e. The summed E-state index contributed by atoms with van der Waals surface area (Å²) >= 11 is 0. The second-order valence-electron chi connectivity index (χ2n) is 5.18. The first-order valence-electron chi connectivity index (χ1n) is 6.54. The van der Waals surface area contributed by atoms with E-state index >= 15 is 0 Å². The number of nitrogens with one attached hydrogen (secondary N) is 1. The van der Waals surface area contributed by atoms with Crippen molar-refractivity contribution in [3.05, 3.63) is 18.2 Å². The van der Waals surface area contributed by atoms with Gasteiger partial charge >= 0.3 is 0 Å². The molecule has 5 nitrogen and oxygen atoms in total. The molecule has 0 aliphatic carbocycles. The monoisotopic (exact) mass is 254 g/mol. The summed E-state index contributed by atoms with van der Waals surface area (Å²) in [6, 6.07) is 0.579. The van der Waals surface area contributed by atoms with Gasteiger partial charge in [-0.05, 0) is 20.0 Å². The number of hydrogen-bond donors (Lipinski definition) is 2. The first-order valence-corrected chi connectivity index (χ1v) is 6.54. The third kappa shape index (κ3) is 5.16. The van der Waals surface area contributed by atoms with E-state index in [1.54, 1.807) is 0 Å². The van der Waals surface area contributed by atoms with Crippen molar-refractivity contribution in [3.8, 4) is 0 Å². The minimum absolute atomic E-state index is 0.175. The third-order valence-corrected chi connectivity index (χ3v) is 2.98. The van der Waals surface area contributed by atoms with Gasteiger partial charge in [0.2, 0.25) is 0 Å². The van der Waals surface area contributed by atoms with Crippen molar-refractivity contribution >= 4 is 0 Å². The number of hydrogen-bond acceptors (Lipinski definition) is 4. The second kappa shape index (κ2) is 7.51. The largest absolute Gasteiger partial charge is 0.395 e. The Morgan fingerprint density at radius 1 is 1.50 bits per heavy atom. The maximum atomic E-state index is 9.29. The number of aliphatic hydroxyl groups excluding tert-OH is 1. The summed E-state index contributed by atoms with van der Waals surface area (Å²) in [6.07, 6.45) is 4.72. The summed E-state index contributed by atoms with van der Waals surface area (Å²) in [5, 5.41) is 12.6. The number of aryl methyl sites for hydroxylation is 1. The summed E-state index contributed by atoms with van der Waals surface area (Å²) in [4.78, 5) is 6.54. The molecule has 0 spiro atoms. The molecule has 0 saturated heterocycles. The van der Waals surface area contributed by atoms with Crippen molar-refractivity contribution in [2.24, 2.45) is 7.05 Å². The molecule has 1 aromatic rings. The molecule has 2 N–H and O–H groups in total. The number of aromatic nitrogens is 2. The topological polar surface area (TPSA) is 53.3 Å². The summed E-state index contributed by atoms with van der Waals surface area (Å²) in [5.74, 6) is 1.06. The van der Waals surface area contributed by atoms with Gasteiger partial charge in [-0.15, -0.1) is 0 Å². The van der Waals surface area contributed by atoms with Gasteiger partial charge in [0.1, 0.15) is 5.82 Å². The molecule has 0 bridgehead atoms. The van der Waals surface area contributed by atoms with Crippen LogP contribution in [0.4, 0.5) is 0 Å². The van der Waals surface area contributed by atoms with Gasteiger partial charge in [-0.3, -0.25) is 4.90 Å². The second-order valence-corrected chi connectivity index (χ2v) is 5.18. The first-order chi connectivity index (χ1) is 8.52. The van der Waals surface area contributed by atoms with Crippen molar-refractivity contribution in [1.82, 2.24) is 19.8 Å².